The molecule has 2 heteroatoms. The van der Waals surface area contributed by atoms with Crippen LogP contribution in [0.2, 0.25) is 0 Å². The second-order valence-electron chi connectivity index (χ2n) is 4.95. The Morgan fingerprint density at radius 1 is 1.28 bits per heavy atom. The fourth-order valence-electron chi connectivity index (χ4n) is 2.07. The monoisotopic (exact) mass is 250 g/mol. The predicted octanol–water partition coefficient (Wildman–Crippen LogP) is 4.54. The van der Waals surface area contributed by atoms with Gasteiger partial charge in [-0.2, -0.15) is 0 Å². The van der Waals surface area contributed by atoms with Gasteiger partial charge in [0.15, 0.2) is 0 Å². The van der Waals surface area contributed by atoms with Gasteiger partial charge in [-0.3, -0.25) is 4.79 Å². The lowest BCUT2D eigenvalue weighted by Crippen LogP contribution is -2.12. The number of aryl methyl sites for hydroxylation is 1. The second kappa shape index (κ2) is 8.02. The molecule has 0 amide bonds. The topological polar surface area (TPSA) is 17.1 Å². The maximum absolute atomic E-state index is 13.4. The summed E-state index contributed by atoms with van der Waals surface area (Å²) >= 11 is 0. The normalized spacial score (nSPS) is 12.4. The Balaban J connectivity index is 2.34. The number of carbonyl (C=O) groups is 1. The van der Waals surface area contributed by atoms with E-state index >= 15 is 0 Å². The Kier molecular flexibility index (Phi) is 6.63. The molecule has 0 aliphatic rings. The summed E-state index contributed by atoms with van der Waals surface area (Å²) in [7, 11) is 0. The number of ketones is 1. The Labute approximate surface area is 109 Å². The first-order chi connectivity index (χ1) is 8.65. The van der Waals surface area contributed by atoms with Gasteiger partial charge in [0.05, 0.1) is 0 Å². The van der Waals surface area contributed by atoms with E-state index in [1.807, 2.05) is 13.0 Å². The number of rotatable bonds is 8. The lowest BCUT2D eigenvalue weighted by Gasteiger charge is -2.10. The van der Waals surface area contributed by atoms with Crippen molar-refractivity contribution in [3.8, 4) is 0 Å². The van der Waals surface area contributed by atoms with E-state index in [1.54, 1.807) is 12.1 Å². The highest BCUT2D eigenvalue weighted by Gasteiger charge is 2.13. The number of benzene rings is 1. The van der Waals surface area contributed by atoms with Gasteiger partial charge < -0.3 is 0 Å². The molecule has 0 saturated heterocycles. The van der Waals surface area contributed by atoms with E-state index in [2.05, 4.69) is 6.92 Å². The molecule has 1 rings (SSSR count). The molecular weight excluding hydrogens is 227 g/mol. The van der Waals surface area contributed by atoms with Crippen LogP contribution in [0.5, 0.6) is 0 Å². The van der Waals surface area contributed by atoms with Crippen molar-refractivity contribution in [1.82, 2.24) is 0 Å². The Morgan fingerprint density at radius 3 is 2.67 bits per heavy atom. The zero-order valence-electron chi connectivity index (χ0n) is 11.4. The first-order valence-electron chi connectivity index (χ1n) is 6.91. The maximum atomic E-state index is 13.4. The number of carbonyl (C=O) groups excluding carboxylic acids is 1. The fraction of sp³-hybridized carbons (Fsp3) is 0.562. The second-order valence-corrected chi connectivity index (χ2v) is 4.95. The number of unbranched alkanes of at least 4 members (excludes halogenated alkanes) is 2. The molecular formula is C16H23FO. The van der Waals surface area contributed by atoms with Gasteiger partial charge in [-0.25, -0.2) is 4.39 Å². The van der Waals surface area contributed by atoms with Crippen molar-refractivity contribution in [3.63, 3.8) is 0 Å². The summed E-state index contributed by atoms with van der Waals surface area (Å²) in [6.07, 6.45) is 5.41. The summed E-state index contributed by atoms with van der Waals surface area (Å²) in [5.41, 5.74) is 0.645. The van der Waals surface area contributed by atoms with Crippen molar-refractivity contribution < 1.29 is 9.18 Å². The molecule has 0 spiro atoms. The molecule has 0 aromatic heterocycles. The van der Waals surface area contributed by atoms with Crippen LogP contribution in [0.1, 0.15) is 51.5 Å². The van der Waals surface area contributed by atoms with E-state index in [4.69, 9.17) is 0 Å². The van der Waals surface area contributed by atoms with E-state index in [0.29, 0.717) is 18.4 Å². The molecule has 1 aromatic rings. The molecule has 0 saturated carbocycles. The first kappa shape index (κ1) is 14.9. The van der Waals surface area contributed by atoms with Crippen LogP contribution in [0.25, 0.3) is 0 Å². The number of hydrogen-bond donors (Lipinski definition) is 0. The zero-order valence-corrected chi connectivity index (χ0v) is 11.4. The SMILES string of the molecule is CCCCC[C@H](C)C(=O)CCc1ccccc1F. The molecule has 18 heavy (non-hydrogen) atoms. The number of hydrogen-bond acceptors (Lipinski definition) is 1. The number of halogens is 1. The van der Waals surface area contributed by atoms with Gasteiger partial charge in [-0.1, -0.05) is 51.3 Å². The van der Waals surface area contributed by atoms with Gasteiger partial charge >= 0.3 is 0 Å². The van der Waals surface area contributed by atoms with Crippen LogP contribution in [0.3, 0.4) is 0 Å². The Morgan fingerprint density at radius 2 is 2.00 bits per heavy atom. The van der Waals surface area contributed by atoms with Crippen LogP contribution in [0.15, 0.2) is 24.3 Å². The van der Waals surface area contributed by atoms with Crippen LogP contribution >= 0.6 is 0 Å². The molecule has 1 nitrogen and oxygen atoms in total. The van der Waals surface area contributed by atoms with E-state index in [9.17, 15) is 9.18 Å². The van der Waals surface area contributed by atoms with E-state index < -0.39 is 0 Å². The minimum Gasteiger partial charge on any atom is -0.299 e. The lowest BCUT2D eigenvalue weighted by atomic mass is 9.94. The molecule has 0 aliphatic carbocycles. The van der Waals surface area contributed by atoms with E-state index in [0.717, 1.165) is 12.8 Å². The van der Waals surface area contributed by atoms with Gasteiger partial charge in [0.25, 0.3) is 0 Å². The highest BCUT2D eigenvalue weighted by molar-refractivity contribution is 5.80. The van der Waals surface area contributed by atoms with Crippen molar-refractivity contribution in [2.75, 3.05) is 0 Å². The third-order valence-corrected chi connectivity index (χ3v) is 3.39. The van der Waals surface area contributed by atoms with Gasteiger partial charge in [-0.05, 0) is 24.5 Å². The summed E-state index contributed by atoms with van der Waals surface area (Å²) < 4.78 is 13.4. The van der Waals surface area contributed by atoms with Crippen molar-refractivity contribution >= 4 is 5.78 Å². The van der Waals surface area contributed by atoms with Gasteiger partial charge in [0.1, 0.15) is 11.6 Å². The van der Waals surface area contributed by atoms with Gasteiger partial charge in [-0.15, -0.1) is 0 Å². The Hall–Kier alpha value is -1.18. The molecule has 0 heterocycles. The fourth-order valence-corrected chi connectivity index (χ4v) is 2.07. The summed E-state index contributed by atoms with van der Waals surface area (Å²) in [5, 5.41) is 0. The minimum atomic E-state index is -0.205. The van der Waals surface area contributed by atoms with Crippen LogP contribution in [-0.2, 0) is 11.2 Å². The molecule has 0 radical (unpaired) electrons. The van der Waals surface area contributed by atoms with Crippen molar-refractivity contribution in [1.29, 1.82) is 0 Å². The average molecular weight is 250 g/mol. The first-order valence-corrected chi connectivity index (χ1v) is 6.91. The molecule has 0 bridgehead atoms. The van der Waals surface area contributed by atoms with E-state index in [1.165, 1.54) is 18.9 Å². The largest absolute Gasteiger partial charge is 0.299 e. The summed E-state index contributed by atoms with van der Waals surface area (Å²) in [6.45, 7) is 4.14. The van der Waals surface area contributed by atoms with Crippen LogP contribution in [0, 0.1) is 11.7 Å². The Bertz CT molecular complexity index is 373. The van der Waals surface area contributed by atoms with Gasteiger partial charge in [0, 0.05) is 12.3 Å². The van der Waals surface area contributed by atoms with Gasteiger partial charge in [0.2, 0.25) is 0 Å². The molecule has 0 aliphatic heterocycles. The standard InChI is InChI=1S/C16H23FO/c1-3-4-5-8-13(2)16(18)12-11-14-9-6-7-10-15(14)17/h6-7,9-10,13H,3-5,8,11-12H2,1-2H3/t13-/m0/s1. The molecule has 0 N–H and O–H groups in total. The third kappa shape index (κ3) is 4.99. The lowest BCUT2D eigenvalue weighted by molar-refractivity contribution is -0.122. The molecule has 0 fully saturated rings. The summed E-state index contributed by atoms with van der Waals surface area (Å²) in [6, 6.07) is 6.69. The predicted molar refractivity (Wildman–Crippen MR) is 73.0 cm³/mol. The number of Topliss-reactive ketones (excluding diaryl/α,β-unsaturated/α-hetero) is 1. The minimum absolute atomic E-state index is 0.114. The van der Waals surface area contributed by atoms with Crippen LogP contribution in [0.4, 0.5) is 4.39 Å². The van der Waals surface area contributed by atoms with Crippen LogP contribution in [-0.4, -0.2) is 5.78 Å². The van der Waals surface area contributed by atoms with Crippen molar-refractivity contribution in [3.05, 3.63) is 35.6 Å². The molecule has 1 aromatic carbocycles. The third-order valence-electron chi connectivity index (χ3n) is 3.39. The van der Waals surface area contributed by atoms with Crippen molar-refractivity contribution in [2.45, 2.75) is 52.4 Å². The van der Waals surface area contributed by atoms with E-state index in [-0.39, 0.29) is 17.5 Å². The summed E-state index contributed by atoms with van der Waals surface area (Å²) in [4.78, 5) is 11.9. The maximum Gasteiger partial charge on any atom is 0.136 e. The molecule has 1 atom stereocenters. The smallest absolute Gasteiger partial charge is 0.136 e. The zero-order chi connectivity index (χ0) is 13.4. The van der Waals surface area contributed by atoms with Crippen LogP contribution < -0.4 is 0 Å². The highest BCUT2D eigenvalue weighted by Crippen LogP contribution is 2.15. The molecule has 100 valence electrons. The quantitative estimate of drug-likeness (QED) is 0.619. The molecule has 0 unspecified atom stereocenters. The highest BCUT2D eigenvalue weighted by atomic mass is 19.1. The van der Waals surface area contributed by atoms with Crippen molar-refractivity contribution in [2.24, 2.45) is 5.92 Å². The summed E-state index contributed by atoms with van der Waals surface area (Å²) in [5.74, 6) is 0.168. The average Bonchev–Trinajstić information content (AvgIpc) is 2.37.